The smallest absolute Gasteiger partial charge is 0.406 e. The van der Waals surface area contributed by atoms with Gasteiger partial charge < -0.3 is 15.2 Å². The number of aliphatic imine (C=N–C) groups is 1. The van der Waals surface area contributed by atoms with Gasteiger partial charge in [-0.15, -0.1) is 0 Å². The van der Waals surface area contributed by atoms with Crippen LogP contribution in [-0.4, -0.2) is 49.3 Å². The van der Waals surface area contributed by atoms with E-state index in [1.54, 1.807) is 13.2 Å². The Balaban J connectivity index is 1.86. The van der Waals surface area contributed by atoms with Gasteiger partial charge in [-0.1, -0.05) is 19.9 Å². The minimum absolute atomic E-state index is 0.272. The summed E-state index contributed by atoms with van der Waals surface area (Å²) >= 11 is 0. The Hall–Kier alpha value is -2.29. The van der Waals surface area contributed by atoms with Crippen LogP contribution < -0.4 is 10.5 Å². The number of ether oxygens (including phenoxy) is 2. The number of carbonyl (C=O) groups is 1. The number of hydrogen-bond acceptors (Lipinski definition) is 5. The van der Waals surface area contributed by atoms with Crippen molar-refractivity contribution in [2.45, 2.75) is 64.3 Å². The van der Waals surface area contributed by atoms with Crippen molar-refractivity contribution >= 4 is 11.9 Å². The predicted molar refractivity (Wildman–Crippen MR) is 115 cm³/mol. The monoisotopic (exact) mass is 455 g/mol. The Labute approximate surface area is 187 Å². The van der Waals surface area contributed by atoms with Gasteiger partial charge in [0.15, 0.2) is 12.0 Å². The first-order valence-corrected chi connectivity index (χ1v) is 11.1. The third-order valence-corrected chi connectivity index (χ3v) is 6.01. The van der Waals surface area contributed by atoms with Crippen LogP contribution >= 0.6 is 0 Å². The first-order chi connectivity index (χ1) is 15.1. The van der Waals surface area contributed by atoms with Gasteiger partial charge >= 0.3 is 6.18 Å². The molecule has 1 aliphatic heterocycles. The summed E-state index contributed by atoms with van der Waals surface area (Å²) < 4.78 is 50.1. The summed E-state index contributed by atoms with van der Waals surface area (Å²) in [5.74, 6) is 0.115. The fourth-order valence-corrected chi connectivity index (χ4v) is 4.31. The molecule has 2 aliphatic rings. The van der Waals surface area contributed by atoms with Gasteiger partial charge in [0.25, 0.3) is 5.91 Å². The molecular formula is C23H32F3N3O3. The number of amides is 1. The molecular weight excluding hydrogens is 423 g/mol. The molecule has 0 spiro atoms. The molecule has 2 N–H and O–H groups in total. The Morgan fingerprint density at radius 1 is 1.22 bits per heavy atom. The van der Waals surface area contributed by atoms with E-state index in [1.807, 2.05) is 26.0 Å². The number of methoxy groups -OCH3 is 1. The van der Waals surface area contributed by atoms with E-state index in [1.165, 1.54) is 0 Å². The summed E-state index contributed by atoms with van der Waals surface area (Å²) in [5, 5.41) is 0. The van der Waals surface area contributed by atoms with E-state index in [2.05, 4.69) is 4.99 Å². The summed E-state index contributed by atoms with van der Waals surface area (Å²) in [5.41, 5.74) is 7.18. The molecule has 1 aromatic rings. The normalized spacial score (nSPS) is 24.2. The van der Waals surface area contributed by atoms with Gasteiger partial charge in [0, 0.05) is 7.11 Å². The van der Waals surface area contributed by atoms with Crippen LogP contribution in [0.2, 0.25) is 0 Å². The number of nitrogens with two attached hydrogens (primary N) is 1. The van der Waals surface area contributed by atoms with Crippen molar-refractivity contribution in [2.75, 3.05) is 20.3 Å². The molecule has 1 saturated carbocycles. The van der Waals surface area contributed by atoms with Crippen molar-refractivity contribution in [3.05, 3.63) is 29.3 Å². The summed E-state index contributed by atoms with van der Waals surface area (Å²) in [6.45, 7) is 3.08. The molecule has 178 valence electrons. The molecule has 1 heterocycles. The topological polar surface area (TPSA) is 77.2 Å². The van der Waals surface area contributed by atoms with Crippen molar-refractivity contribution in [2.24, 2.45) is 22.6 Å². The molecule has 1 fully saturated rings. The van der Waals surface area contributed by atoms with E-state index >= 15 is 0 Å². The quantitative estimate of drug-likeness (QED) is 0.637. The average Bonchev–Trinajstić information content (AvgIpc) is 3.00. The zero-order valence-corrected chi connectivity index (χ0v) is 18.8. The van der Waals surface area contributed by atoms with Crippen LogP contribution in [0, 0.1) is 11.8 Å². The Bertz CT molecular complexity index is 834. The maximum absolute atomic E-state index is 12.9. The molecule has 0 radical (unpaired) electrons. The molecule has 1 aromatic carbocycles. The van der Waals surface area contributed by atoms with E-state index in [0.29, 0.717) is 41.1 Å². The van der Waals surface area contributed by atoms with E-state index < -0.39 is 30.6 Å². The van der Waals surface area contributed by atoms with Gasteiger partial charge in [0.1, 0.15) is 12.3 Å². The summed E-state index contributed by atoms with van der Waals surface area (Å²) in [7, 11) is 1.72. The number of rotatable bonds is 8. The third kappa shape index (κ3) is 6.15. The number of guanidine groups is 1. The van der Waals surface area contributed by atoms with Crippen LogP contribution in [0.15, 0.2) is 23.2 Å². The molecule has 0 bridgehead atoms. The van der Waals surface area contributed by atoms with Crippen LogP contribution in [0.4, 0.5) is 13.2 Å². The first-order valence-electron chi connectivity index (χ1n) is 11.1. The van der Waals surface area contributed by atoms with Crippen LogP contribution in [-0.2, 0) is 16.0 Å². The first kappa shape index (κ1) is 24.4. The maximum Gasteiger partial charge on any atom is 0.406 e. The minimum atomic E-state index is -4.56. The van der Waals surface area contributed by atoms with Crippen molar-refractivity contribution in [1.29, 1.82) is 0 Å². The Morgan fingerprint density at radius 3 is 2.50 bits per heavy atom. The SMILES string of the molecule is CO[C@H]1CC[C@@H](Cc2ccc(OCC(C)C)cc2C2N=C(N)N(CC(F)(F)F)C2=O)CC1. The molecule has 32 heavy (non-hydrogen) atoms. The molecule has 3 rings (SSSR count). The summed E-state index contributed by atoms with van der Waals surface area (Å²) in [4.78, 5) is 17.5. The van der Waals surface area contributed by atoms with E-state index in [9.17, 15) is 18.0 Å². The molecule has 1 unspecified atom stereocenters. The molecule has 0 saturated heterocycles. The van der Waals surface area contributed by atoms with Gasteiger partial charge in [0.2, 0.25) is 0 Å². The zero-order chi connectivity index (χ0) is 23.5. The van der Waals surface area contributed by atoms with Gasteiger partial charge in [-0.2, -0.15) is 13.2 Å². The molecule has 1 amide bonds. The lowest BCUT2D eigenvalue weighted by Gasteiger charge is -2.28. The highest BCUT2D eigenvalue weighted by atomic mass is 19.4. The lowest BCUT2D eigenvalue weighted by molar-refractivity contribution is -0.152. The second-order valence-electron chi connectivity index (χ2n) is 9.08. The number of carbonyl (C=O) groups excluding carboxylic acids is 1. The zero-order valence-electron chi connectivity index (χ0n) is 18.8. The third-order valence-electron chi connectivity index (χ3n) is 6.01. The fourth-order valence-electron chi connectivity index (χ4n) is 4.31. The van der Waals surface area contributed by atoms with Crippen molar-refractivity contribution in [3.8, 4) is 5.75 Å². The minimum Gasteiger partial charge on any atom is -0.493 e. The van der Waals surface area contributed by atoms with Gasteiger partial charge in [0.05, 0.1) is 12.7 Å². The molecule has 1 aliphatic carbocycles. The average molecular weight is 456 g/mol. The highest BCUT2D eigenvalue weighted by molar-refractivity contribution is 6.04. The summed E-state index contributed by atoms with van der Waals surface area (Å²) in [6, 6.07) is 4.39. The lowest BCUT2D eigenvalue weighted by Crippen LogP contribution is -2.43. The number of alkyl halides is 3. The van der Waals surface area contributed by atoms with Crippen LogP contribution in [0.1, 0.15) is 56.7 Å². The number of halogens is 3. The van der Waals surface area contributed by atoms with Gasteiger partial charge in [-0.3, -0.25) is 9.69 Å². The number of hydrogen-bond donors (Lipinski definition) is 1. The second kappa shape index (κ2) is 10.1. The summed E-state index contributed by atoms with van der Waals surface area (Å²) in [6.07, 6.45) is 0.360. The largest absolute Gasteiger partial charge is 0.493 e. The van der Waals surface area contributed by atoms with E-state index in [0.717, 1.165) is 31.2 Å². The maximum atomic E-state index is 12.9. The molecule has 1 atom stereocenters. The van der Waals surface area contributed by atoms with E-state index in [-0.39, 0.29) is 6.10 Å². The van der Waals surface area contributed by atoms with Crippen LogP contribution in [0.25, 0.3) is 0 Å². The van der Waals surface area contributed by atoms with Crippen molar-refractivity contribution < 1.29 is 27.4 Å². The van der Waals surface area contributed by atoms with Crippen molar-refractivity contribution in [1.82, 2.24) is 4.90 Å². The fraction of sp³-hybridized carbons (Fsp3) is 0.652. The number of benzene rings is 1. The standard InChI is InChI=1S/C23H32F3N3O3/c1-14(2)12-32-18-9-6-16(10-15-4-7-17(31-3)8-5-15)19(11-18)20-21(30)29(22(27)28-20)13-23(24,25)26/h6,9,11,14-15,17,20H,4-5,7-8,10,12-13H2,1-3H3,(H2,27,28)/t15-,17+,20?. The van der Waals surface area contributed by atoms with Crippen molar-refractivity contribution in [3.63, 3.8) is 0 Å². The Kier molecular flexibility index (Phi) is 7.69. The number of nitrogens with zero attached hydrogens (tertiary/aromatic N) is 2. The van der Waals surface area contributed by atoms with Crippen LogP contribution in [0.5, 0.6) is 5.75 Å². The second-order valence-corrected chi connectivity index (χ2v) is 9.08. The molecule has 0 aromatic heterocycles. The Morgan fingerprint density at radius 2 is 1.91 bits per heavy atom. The lowest BCUT2D eigenvalue weighted by atomic mass is 9.82. The predicted octanol–water partition coefficient (Wildman–Crippen LogP) is 4.23. The molecule has 9 heteroatoms. The van der Waals surface area contributed by atoms with Gasteiger partial charge in [-0.05, 0) is 67.2 Å². The molecule has 6 nitrogen and oxygen atoms in total. The van der Waals surface area contributed by atoms with Gasteiger partial charge in [-0.25, -0.2) is 4.99 Å². The highest BCUT2D eigenvalue weighted by Crippen LogP contribution is 2.36. The van der Waals surface area contributed by atoms with Crippen LogP contribution in [0.3, 0.4) is 0 Å². The highest BCUT2D eigenvalue weighted by Gasteiger charge is 2.42. The van der Waals surface area contributed by atoms with E-state index in [4.69, 9.17) is 15.2 Å².